The number of methoxy groups -OCH3 is 1. The molecule has 0 aliphatic rings. The van der Waals surface area contributed by atoms with Crippen LogP contribution in [-0.2, 0) is 14.3 Å². The van der Waals surface area contributed by atoms with Crippen molar-refractivity contribution in [2.24, 2.45) is 0 Å². The van der Waals surface area contributed by atoms with Crippen LogP contribution in [0, 0.1) is 12.7 Å². The molecular weight excluding hydrogens is 355 g/mol. The number of carbonyl (C=O) groups excluding carboxylic acids is 2. The van der Waals surface area contributed by atoms with Gasteiger partial charge in [0.25, 0.3) is 0 Å². The summed E-state index contributed by atoms with van der Waals surface area (Å²) in [6.07, 6.45) is -0.333. The molecule has 2 aromatic rings. The lowest BCUT2D eigenvalue weighted by Crippen LogP contribution is -2.37. The van der Waals surface area contributed by atoms with E-state index in [4.69, 9.17) is 16.3 Å². The Hall–Kier alpha value is -1.96. The number of amides is 2. The van der Waals surface area contributed by atoms with Crippen molar-refractivity contribution in [1.29, 1.82) is 0 Å². The summed E-state index contributed by atoms with van der Waals surface area (Å²) in [7, 11) is 1.53. The molecule has 0 bridgehead atoms. The van der Waals surface area contributed by atoms with Gasteiger partial charge in [0.15, 0.2) is 0 Å². The number of nitrogens with one attached hydrogen (secondary N) is 2. The zero-order valence-corrected chi connectivity index (χ0v) is 14.6. The summed E-state index contributed by atoms with van der Waals surface area (Å²) in [5, 5.41) is 4.73. The smallest absolute Gasteiger partial charge is 0.313 e. The number of anilines is 1. The maximum atomic E-state index is 13.1. The molecule has 0 fully saturated rings. The minimum atomic E-state index is -0.866. The Bertz CT molecular complexity index is 751. The molecule has 0 aliphatic carbocycles. The van der Waals surface area contributed by atoms with Crippen LogP contribution in [0.2, 0.25) is 5.02 Å². The molecule has 1 aromatic heterocycles. The quantitative estimate of drug-likeness (QED) is 0.793. The number of halogens is 2. The highest BCUT2D eigenvalue weighted by Crippen LogP contribution is 2.24. The SMILES string of the molecule is CO[C@H](CNC(=O)C(=O)Nc1ccc(F)c(Cl)c1)c1ccc(C)s1. The molecule has 0 aliphatic heterocycles. The third kappa shape index (κ3) is 4.77. The Morgan fingerprint density at radius 1 is 1.29 bits per heavy atom. The van der Waals surface area contributed by atoms with Gasteiger partial charge in [-0.05, 0) is 37.3 Å². The molecule has 1 aromatic carbocycles. The lowest BCUT2D eigenvalue weighted by atomic mass is 10.2. The monoisotopic (exact) mass is 370 g/mol. The molecule has 1 atom stereocenters. The van der Waals surface area contributed by atoms with Gasteiger partial charge in [-0.15, -0.1) is 11.3 Å². The molecule has 0 spiro atoms. The third-order valence-corrected chi connectivity index (χ3v) is 4.58. The fourth-order valence-corrected chi connectivity index (χ4v) is 3.09. The summed E-state index contributed by atoms with van der Waals surface area (Å²) in [6, 6.07) is 7.53. The van der Waals surface area contributed by atoms with Crippen LogP contribution in [0.3, 0.4) is 0 Å². The number of benzene rings is 1. The lowest BCUT2D eigenvalue weighted by molar-refractivity contribution is -0.136. The maximum absolute atomic E-state index is 13.1. The summed E-state index contributed by atoms with van der Waals surface area (Å²) in [5.74, 6) is -2.28. The van der Waals surface area contributed by atoms with Gasteiger partial charge in [-0.2, -0.15) is 0 Å². The van der Waals surface area contributed by atoms with E-state index in [9.17, 15) is 14.0 Å². The number of hydrogen-bond acceptors (Lipinski definition) is 4. The van der Waals surface area contributed by atoms with Crippen molar-refractivity contribution < 1.29 is 18.7 Å². The van der Waals surface area contributed by atoms with E-state index >= 15 is 0 Å². The van der Waals surface area contributed by atoms with E-state index < -0.39 is 17.6 Å². The minimum absolute atomic E-state index is 0.138. The van der Waals surface area contributed by atoms with Crippen molar-refractivity contribution in [3.05, 3.63) is 50.9 Å². The van der Waals surface area contributed by atoms with Crippen LogP contribution in [0.1, 0.15) is 15.9 Å². The van der Waals surface area contributed by atoms with Gasteiger partial charge in [-0.3, -0.25) is 9.59 Å². The second-order valence-corrected chi connectivity index (χ2v) is 6.69. The molecule has 0 saturated heterocycles. The Kier molecular flexibility index (Phi) is 6.30. The molecule has 2 N–H and O–H groups in total. The first kappa shape index (κ1) is 18.4. The van der Waals surface area contributed by atoms with Gasteiger partial charge in [0.1, 0.15) is 11.9 Å². The van der Waals surface area contributed by atoms with Gasteiger partial charge >= 0.3 is 11.8 Å². The van der Waals surface area contributed by atoms with Gasteiger partial charge in [0.05, 0.1) is 5.02 Å². The molecule has 0 saturated carbocycles. The molecule has 24 heavy (non-hydrogen) atoms. The number of rotatable bonds is 5. The predicted molar refractivity (Wildman–Crippen MR) is 91.9 cm³/mol. The Morgan fingerprint density at radius 2 is 2.04 bits per heavy atom. The fourth-order valence-electron chi connectivity index (χ4n) is 1.95. The van der Waals surface area contributed by atoms with Crippen LogP contribution in [-0.4, -0.2) is 25.5 Å². The molecule has 8 heteroatoms. The average Bonchev–Trinajstić information content (AvgIpc) is 2.97. The normalized spacial score (nSPS) is 11.8. The number of thiophene rings is 1. The zero-order chi connectivity index (χ0) is 17.7. The molecule has 1 heterocycles. The summed E-state index contributed by atoms with van der Waals surface area (Å²) in [6.45, 7) is 2.13. The van der Waals surface area contributed by atoms with Crippen molar-refractivity contribution in [1.82, 2.24) is 5.32 Å². The van der Waals surface area contributed by atoms with Crippen molar-refractivity contribution >= 4 is 40.4 Å². The highest BCUT2D eigenvalue weighted by molar-refractivity contribution is 7.12. The van der Waals surface area contributed by atoms with Gasteiger partial charge in [-0.25, -0.2) is 4.39 Å². The van der Waals surface area contributed by atoms with Crippen molar-refractivity contribution in [2.45, 2.75) is 13.0 Å². The average molecular weight is 371 g/mol. The zero-order valence-electron chi connectivity index (χ0n) is 13.1. The summed E-state index contributed by atoms with van der Waals surface area (Å²) in [4.78, 5) is 25.8. The molecule has 0 unspecified atom stereocenters. The van der Waals surface area contributed by atoms with E-state index in [1.54, 1.807) is 11.3 Å². The summed E-state index contributed by atoms with van der Waals surface area (Å²) < 4.78 is 18.4. The van der Waals surface area contributed by atoms with Crippen LogP contribution >= 0.6 is 22.9 Å². The number of aryl methyl sites for hydroxylation is 1. The topological polar surface area (TPSA) is 67.4 Å². The van der Waals surface area contributed by atoms with E-state index in [1.807, 2.05) is 19.1 Å². The first-order valence-corrected chi connectivity index (χ1v) is 8.23. The van der Waals surface area contributed by atoms with Crippen LogP contribution in [0.25, 0.3) is 0 Å². The number of ether oxygens (including phenoxy) is 1. The standard InChI is InChI=1S/C16H16ClFN2O3S/c1-9-3-6-14(24-9)13(23-2)8-19-15(21)16(22)20-10-4-5-12(18)11(17)7-10/h3-7,13H,8H2,1-2H3,(H,19,21)(H,20,22)/t13-/m1/s1. The fraction of sp³-hybridized carbons (Fsp3) is 0.250. The third-order valence-electron chi connectivity index (χ3n) is 3.19. The number of hydrogen-bond donors (Lipinski definition) is 2. The minimum Gasteiger partial charge on any atom is -0.374 e. The van der Waals surface area contributed by atoms with Crippen molar-refractivity contribution in [2.75, 3.05) is 19.0 Å². The molecule has 2 amide bonds. The van der Waals surface area contributed by atoms with Crippen LogP contribution in [0.5, 0.6) is 0 Å². The van der Waals surface area contributed by atoms with Crippen molar-refractivity contribution in [3.8, 4) is 0 Å². The van der Waals surface area contributed by atoms with Gasteiger partial charge in [0, 0.05) is 29.1 Å². The van der Waals surface area contributed by atoms with E-state index in [0.717, 1.165) is 15.8 Å². The highest BCUT2D eigenvalue weighted by atomic mass is 35.5. The van der Waals surface area contributed by atoms with Crippen LogP contribution in [0.4, 0.5) is 10.1 Å². The Labute approximate surface area is 147 Å². The first-order valence-electron chi connectivity index (χ1n) is 7.04. The second-order valence-electron chi connectivity index (χ2n) is 4.97. The van der Waals surface area contributed by atoms with E-state index in [2.05, 4.69) is 10.6 Å². The maximum Gasteiger partial charge on any atom is 0.313 e. The predicted octanol–water partition coefficient (Wildman–Crippen LogP) is 3.29. The summed E-state index contributed by atoms with van der Waals surface area (Å²) >= 11 is 7.18. The van der Waals surface area contributed by atoms with E-state index in [-0.39, 0.29) is 23.4 Å². The van der Waals surface area contributed by atoms with E-state index in [0.29, 0.717) is 0 Å². The number of carbonyl (C=O) groups is 2. The van der Waals surface area contributed by atoms with Crippen molar-refractivity contribution in [3.63, 3.8) is 0 Å². The van der Waals surface area contributed by atoms with Gasteiger partial charge in [0.2, 0.25) is 0 Å². The molecule has 2 rings (SSSR count). The molecule has 128 valence electrons. The molecular formula is C16H16ClFN2O3S. The second kappa shape index (κ2) is 8.23. The molecule has 5 nitrogen and oxygen atoms in total. The summed E-state index contributed by atoms with van der Waals surface area (Å²) in [5.41, 5.74) is 0.235. The Balaban J connectivity index is 1.91. The largest absolute Gasteiger partial charge is 0.374 e. The van der Waals surface area contributed by atoms with E-state index in [1.165, 1.54) is 19.2 Å². The first-order chi connectivity index (χ1) is 11.4. The van der Waals surface area contributed by atoms with Gasteiger partial charge < -0.3 is 15.4 Å². The van der Waals surface area contributed by atoms with Gasteiger partial charge in [-0.1, -0.05) is 11.6 Å². The Morgan fingerprint density at radius 3 is 2.62 bits per heavy atom. The van der Waals surface area contributed by atoms with Crippen LogP contribution < -0.4 is 10.6 Å². The molecule has 0 radical (unpaired) electrons. The highest BCUT2D eigenvalue weighted by Gasteiger charge is 2.18. The van der Waals surface area contributed by atoms with Crippen LogP contribution in [0.15, 0.2) is 30.3 Å². The lowest BCUT2D eigenvalue weighted by Gasteiger charge is -2.14.